The van der Waals surface area contributed by atoms with E-state index in [1.165, 1.54) is 0 Å². The maximum absolute atomic E-state index is 11.6. The van der Waals surface area contributed by atoms with Crippen molar-refractivity contribution in [3.8, 4) is 0 Å². The minimum atomic E-state index is -0.499. The molecule has 0 saturated heterocycles. The lowest BCUT2D eigenvalue weighted by molar-refractivity contribution is -0.130. The summed E-state index contributed by atoms with van der Waals surface area (Å²) in [4.78, 5) is 23.1. The summed E-state index contributed by atoms with van der Waals surface area (Å²) < 4.78 is 0. The van der Waals surface area contributed by atoms with Gasteiger partial charge in [0.15, 0.2) is 0 Å². The number of amides is 2. The van der Waals surface area contributed by atoms with E-state index in [2.05, 4.69) is 10.6 Å². The normalized spacial score (nSPS) is 10.9. The predicted octanol–water partition coefficient (Wildman–Crippen LogP) is 2.44. The second kappa shape index (κ2) is 5.87. The molecule has 1 aromatic carbocycles. The van der Waals surface area contributed by atoms with E-state index in [1.807, 2.05) is 0 Å². The minimum Gasteiger partial charge on any atom is -0.347 e. The van der Waals surface area contributed by atoms with Gasteiger partial charge < -0.3 is 10.6 Å². The van der Waals surface area contributed by atoms with Gasteiger partial charge in [-0.15, -0.1) is 0 Å². The van der Waals surface area contributed by atoms with Crippen molar-refractivity contribution in [3.63, 3.8) is 0 Å². The molecule has 0 aliphatic rings. The topological polar surface area (TPSA) is 58.2 Å². The van der Waals surface area contributed by atoms with Crippen molar-refractivity contribution in [1.29, 1.82) is 0 Å². The van der Waals surface area contributed by atoms with Crippen molar-refractivity contribution in [2.75, 3.05) is 11.9 Å². The maximum atomic E-state index is 11.6. The van der Waals surface area contributed by atoms with E-state index in [4.69, 9.17) is 11.6 Å². The zero-order valence-electron chi connectivity index (χ0n) is 10.7. The van der Waals surface area contributed by atoms with Crippen LogP contribution in [-0.4, -0.2) is 18.4 Å². The summed E-state index contributed by atoms with van der Waals surface area (Å²) >= 11 is 5.73. The summed E-state index contributed by atoms with van der Waals surface area (Å²) in [6.07, 6.45) is 0. The summed E-state index contributed by atoms with van der Waals surface area (Å²) in [5.41, 5.74) is 0.148. The van der Waals surface area contributed by atoms with Gasteiger partial charge in [0, 0.05) is 16.1 Å². The van der Waals surface area contributed by atoms with Crippen LogP contribution in [0.4, 0.5) is 5.69 Å². The first-order valence-corrected chi connectivity index (χ1v) is 6.00. The molecular formula is C13H17ClN2O2. The van der Waals surface area contributed by atoms with Gasteiger partial charge in [-0.25, -0.2) is 0 Å². The molecule has 0 aromatic heterocycles. The van der Waals surface area contributed by atoms with Crippen LogP contribution in [-0.2, 0) is 9.59 Å². The van der Waals surface area contributed by atoms with Crippen LogP contribution in [0, 0.1) is 5.41 Å². The van der Waals surface area contributed by atoms with Crippen molar-refractivity contribution in [2.24, 2.45) is 5.41 Å². The summed E-state index contributed by atoms with van der Waals surface area (Å²) in [5.74, 6) is -0.427. The van der Waals surface area contributed by atoms with Crippen molar-refractivity contribution in [2.45, 2.75) is 20.8 Å². The number of nitrogens with one attached hydrogen (secondary N) is 2. The Balaban J connectivity index is 2.43. The molecule has 1 aromatic rings. The predicted molar refractivity (Wildman–Crippen MR) is 72.5 cm³/mol. The van der Waals surface area contributed by atoms with Gasteiger partial charge >= 0.3 is 0 Å². The van der Waals surface area contributed by atoms with E-state index in [0.717, 1.165) is 0 Å². The second-order valence-electron chi connectivity index (χ2n) is 4.99. The Morgan fingerprint density at radius 3 is 2.22 bits per heavy atom. The summed E-state index contributed by atoms with van der Waals surface area (Å²) in [6.45, 7) is 5.33. The molecule has 0 unspecified atom stereocenters. The zero-order valence-corrected chi connectivity index (χ0v) is 11.5. The van der Waals surface area contributed by atoms with Crippen LogP contribution in [0.1, 0.15) is 20.8 Å². The van der Waals surface area contributed by atoms with Gasteiger partial charge in [0.05, 0.1) is 6.54 Å². The van der Waals surface area contributed by atoms with Crippen LogP contribution in [0.3, 0.4) is 0 Å². The number of benzene rings is 1. The molecule has 0 fully saturated rings. The maximum Gasteiger partial charge on any atom is 0.243 e. The third kappa shape index (κ3) is 4.75. The Kier molecular flexibility index (Phi) is 4.73. The van der Waals surface area contributed by atoms with E-state index in [1.54, 1.807) is 45.0 Å². The highest BCUT2D eigenvalue weighted by molar-refractivity contribution is 6.30. The summed E-state index contributed by atoms with van der Waals surface area (Å²) in [5, 5.41) is 5.85. The van der Waals surface area contributed by atoms with Crippen LogP contribution in [0.2, 0.25) is 5.02 Å². The number of carbonyl (C=O) groups excluding carboxylic acids is 2. The Bertz CT molecular complexity index is 435. The first kappa shape index (κ1) is 14.5. The fourth-order valence-corrected chi connectivity index (χ4v) is 1.29. The molecule has 18 heavy (non-hydrogen) atoms. The van der Waals surface area contributed by atoms with E-state index in [9.17, 15) is 9.59 Å². The number of anilines is 1. The van der Waals surface area contributed by atoms with Crippen LogP contribution in [0.15, 0.2) is 24.3 Å². The van der Waals surface area contributed by atoms with Gasteiger partial charge in [0.2, 0.25) is 11.8 Å². The fraction of sp³-hybridized carbons (Fsp3) is 0.385. The molecule has 1 rings (SSSR count). The van der Waals surface area contributed by atoms with Gasteiger partial charge in [-0.3, -0.25) is 9.59 Å². The smallest absolute Gasteiger partial charge is 0.243 e. The number of rotatable bonds is 3. The van der Waals surface area contributed by atoms with Crippen LogP contribution >= 0.6 is 11.6 Å². The molecule has 0 saturated carbocycles. The van der Waals surface area contributed by atoms with Crippen LogP contribution in [0.25, 0.3) is 0 Å². The molecule has 0 atom stereocenters. The van der Waals surface area contributed by atoms with Gasteiger partial charge in [-0.2, -0.15) is 0 Å². The molecule has 0 aliphatic heterocycles. The lowest BCUT2D eigenvalue weighted by Crippen LogP contribution is -2.39. The molecule has 2 N–H and O–H groups in total. The fourth-order valence-electron chi connectivity index (χ4n) is 1.16. The average molecular weight is 269 g/mol. The molecule has 4 nitrogen and oxygen atoms in total. The van der Waals surface area contributed by atoms with Crippen molar-refractivity contribution in [1.82, 2.24) is 5.32 Å². The molecule has 5 heteroatoms. The third-order valence-electron chi connectivity index (χ3n) is 2.22. The van der Waals surface area contributed by atoms with Crippen molar-refractivity contribution < 1.29 is 9.59 Å². The van der Waals surface area contributed by atoms with Crippen LogP contribution in [0.5, 0.6) is 0 Å². The van der Waals surface area contributed by atoms with Gasteiger partial charge in [0.25, 0.3) is 0 Å². The van der Waals surface area contributed by atoms with Crippen molar-refractivity contribution >= 4 is 29.1 Å². The molecule has 0 spiro atoms. The molecule has 0 heterocycles. The zero-order chi connectivity index (χ0) is 13.8. The largest absolute Gasteiger partial charge is 0.347 e. The minimum absolute atomic E-state index is 0.0429. The molecule has 0 aliphatic carbocycles. The first-order valence-electron chi connectivity index (χ1n) is 5.63. The quantitative estimate of drug-likeness (QED) is 0.885. The van der Waals surface area contributed by atoms with E-state index in [0.29, 0.717) is 10.7 Å². The molecule has 0 bridgehead atoms. The van der Waals surface area contributed by atoms with Gasteiger partial charge in [0.1, 0.15) is 0 Å². The number of hydrogen-bond acceptors (Lipinski definition) is 2. The Morgan fingerprint density at radius 2 is 1.72 bits per heavy atom. The van der Waals surface area contributed by atoms with E-state index in [-0.39, 0.29) is 18.4 Å². The van der Waals surface area contributed by atoms with Crippen LogP contribution < -0.4 is 10.6 Å². The Hall–Kier alpha value is -1.55. The molecule has 0 radical (unpaired) electrons. The summed E-state index contributed by atoms with van der Waals surface area (Å²) in [7, 11) is 0. The Labute approximate surface area is 112 Å². The monoisotopic (exact) mass is 268 g/mol. The number of halogens is 1. The average Bonchev–Trinajstić information content (AvgIpc) is 2.28. The summed E-state index contributed by atoms with van der Waals surface area (Å²) in [6, 6.07) is 6.77. The van der Waals surface area contributed by atoms with E-state index < -0.39 is 5.41 Å². The number of carbonyl (C=O) groups is 2. The Morgan fingerprint density at radius 1 is 1.17 bits per heavy atom. The number of hydrogen-bond donors (Lipinski definition) is 2. The van der Waals surface area contributed by atoms with Gasteiger partial charge in [-0.05, 0) is 24.3 Å². The highest BCUT2D eigenvalue weighted by Crippen LogP contribution is 2.13. The first-order chi connectivity index (χ1) is 8.29. The third-order valence-corrected chi connectivity index (χ3v) is 2.47. The second-order valence-corrected chi connectivity index (χ2v) is 5.42. The highest BCUT2D eigenvalue weighted by atomic mass is 35.5. The van der Waals surface area contributed by atoms with Gasteiger partial charge in [-0.1, -0.05) is 32.4 Å². The SMILES string of the molecule is CC(C)(C)C(=O)NCC(=O)Nc1ccc(Cl)cc1. The standard InChI is InChI=1S/C13H17ClN2O2/c1-13(2,3)12(18)15-8-11(17)16-10-6-4-9(14)5-7-10/h4-7H,8H2,1-3H3,(H,15,18)(H,16,17). The lowest BCUT2D eigenvalue weighted by atomic mass is 9.96. The lowest BCUT2D eigenvalue weighted by Gasteiger charge is -2.17. The molecule has 2 amide bonds. The molecule has 98 valence electrons. The van der Waals surface area contributed by atoms with Crippen molar-refractivity contribution in [3.05, 3.63) is 29.3 Å². The molecular weight excluding hydrogens is 252 g/mol. The highest BCUT2D eigenvalue weighted by Gasteiger charge is 2.21. The van der Waals surface area contributed by atoms with E-state index >= 15 is 0 Å².